The molecule has 5 nitrogen and oxygen atoms in total. The first-order valence-electron chi connectivity index (χ1n) is 6.33. The summed E-state index contributed by atoms with van der Waals surface area (Å²) in [5, 5.41) is 8.73. The number of rotatable bonds is 6. The number of nitrogens with two attached hydrogens (primary N) is 1. The van der Waals surface area contributed by atoms with Crippen molar-refractivity contribution in [2.24, 2.45) is 11.7 Å². The van der Waals surface area contributed by atoms with Crippen LogP contribution in [-0.4, -0.2) is 41.5 Å². The van der Waals surface area contributed by atoms with Gasteiger partial charge in [-0.05, 0) is 18.8 Å². The first-order valence-corrected chi connectivity index (χ1v) is 6.33. The zero-order valence-electron chi connectivity index (χ0n) is 10.2. The number of carbonyl (C=O) groups excluding carboxylic acids is 1. The Kier molecular flexibility index (Phi) is 5.97. The van der Waals surface area contributed by atoms with Crippen LogP contribution in [0, 0.1) is 5.92 Å². The molecule has 1 amide bonds. The van der Waals surface area contributed by atoms with Gasteiger partial charge in [0.25, 0.3) is 0 Å². The van der Waals surface area contributed by atoms with E-state index in [9.17, 15) is 9.59 Å². The summed E-state index contributed by atoms with van der Waals surface area (Å²) < 4.78 is 0. The lowest BCUT2D eigenvalue weighted by Crippen LogP contribution is -2.39. The quantitative estimate of drug-likeness (QED) is 0.722. The number of hydrogen-bond donors (Lipinski definition) is 2. The number of carbonyl (C=O) groups is 2. The van der Waals surface area contributed by atoms with Gasteiger partial charge in [-0.15, -0.1) is 0 Å². The number of carboxylic acid groups (broad SMARTS) is 1. The second-order valence-electron chi connectivity index (χ2n) is 4.71. The highest BCUT2D eigenvalue weighted by molar-refractivity contribution is 5.81. The van der Waals surface area contributed by atoms with E-state index in [1.807, 2.05) is 0 Å². The minimum Gasteiger partial charge on any atom is -0.480 e. The normalized spacial score (nSPS) is 16.8. The van der Waals surface area contributed by atoms with Gasteiger partial charge in [-0.2, -0.15) is 0 Å². The Balaban J connectivity index is 2.42. The van der Waals surface area contributed by atoms with E-state index in [0.29, 0.717) is 25.4 Å². The molecule has 3 N–H and O–H groups in total. The first-order chi connectivity index (χ1) is 8.13. The van der Waals surface area contributed by atoms with Crippen LogP contribution in [0.4, 0.5) is 0 Å². The molecule has 0 saturated heterocycles. The smallest absolute Gasteiger partial charge is 0.323 e. The van der Waals surface area contributed by atoms with E-state index in [0.717, 1.165) is 12.8 Å². The molecule has 0 atom stereocenters. The van der Waals surface area contributed by atoms with Gasteiger partial charge in [-0.25, -0.2) is 0 Å². The van der Waals surface area contributed by atoms with Gasteiger partial charge in [-0.1, -0.05) is 19.3 Å². The molecular weight excluding hydrogens is 220 g/mol. The predicted molar refractivity (Wildman–Crippen MR) is 64.5 cm³/mol. The van der Waals surface area contributed by atoms with Crippen LogP contribution < -0.4 is 5.73 Å². The lowest BCUT2D eigenvalue weighted by Gasteiger charge is -2.25. The second kappa shape index (κ2) is 7.27. The van der Waals surface area contributed by atoms with Crippen molar-refractivity contribution in [2.75, 3.05) is 19.6 Å². The maximum absolute atomic E-state index is 11.9. The molecule has 0 spiro atoms. The molecule has 0 aromatic rings. The summed E-state index contributed by atoms with van der Waals surface area (Å²) in [5.41, 5.74) is 5.39. The van der Waals surface area contributed by atoms with Crippen molar-refractivity contribution in [3.05, 3.63) is 0 Å². The Morgan fingerprint density at radius 3 is 2.41 bits per heavy atom. The van der Waals surface area contributed by atoms with Crippen LogP contribution in [0.1, 0.15) is 38.5 Å². The summed E-state index contributed by atoms with van der Waals surface area (Å²) in [6.45, 7) is 0.407. The first kappa shape index (κ1) is 14.0. The highest BCUT2D eigenvalue weighted by Gasteiger charge is 2.21. The molecule has 1 rings (SSSR count). The van der Waals surface area contributed by atoms with Gasteiger partial charge in [-0.3, -0.25) is 9.59 Å². The predicted octanol–water partition coefficient (Wildman–Crippen LogP) is 0.829. The third kappa shape index (κ3) is 5.17. The van der Waals surface area contributed by atoms with Crippen molar-refractivity contribution in [3.63, 3.8) is 0 Å². The van der Waals surface area contributed by atoms with Gasteiger partial charge in [0.05, 0.1) is 0 Å². The maximum Gasteiger partial charge on any atom is 0.323 e. The number of amides is 1. The second-order valence-corrected chi connectivity index (χ2v) is 4.71. The van der Waals surface area contributed by atoms with E-state index >= 15 is 0 Å². The SMILES string of the molecule is NCCN(CC(=O)O)C(=O)CC1CCCCC1. The Hall–Kier alpha value is -1.10. The van der Waals surface area contributed by atoms with Crippen LogP contribution in [0.5, 0.6) is 0 Å². The Morgan fingerprint density at radius 1 is 1.24 bits per heavy atom. The Morgan fingerprint density at radius 2 is 1.88 bits per heavy atom. The minimum absolute atomic E-state index is 0.0650. The zero-order valence-corrected chi connectivity index (χ0v) is 10.2. The third-order valence-corrected chi connectivity index (χ3v) is 3.27. The van der Waals surface area contributed by atoms with Crippen LogP contribution in [0.2, 0.25) is 0 Å². The van der Waals surface area contributed by atoms with Gasteiger partial charge >= 0.3 is 5.97 Å². The molecule has 0 radical (unpaired) electrons. The highest BCUT2D eigenvalue weighted by atomic mass is 16.4. The lowest BCUT2D eigenvalue weighted by atomic mass is 9.86. The summed E-state index contributed by atoms with van der Waals surface area (Å²) in [7, 11) is 0. The summed E-state index contributed by atoms with van der Waals surface area (Å²) in [4.78, 5) is 23.9. The van der Waals surface area contributed by atoms with Crippen LogP contribution in [0.15, 0.2) is 0 Å². The van der Waals surface area contributed by atoms with Gasteiger partial charge in [0, 0.05) is 19.5 Å². The van der Waals surface area contributed by atoms with Crippen molar-refractivity contribution in [2.45, 2.75) is 38.5 Å². The molecule has 0 unspecified atom stereocenters. The summed E-state index contributed by atoms with van der Waals surface area (Å²) in [6, 6.07) is 0. The van der Waals surface area contributed by atoms with Gasteiger partial charge in [0.2, 0.25) is 5.91 Å². The molecule has 98 valence electrons. The highest BCUT2D eigenvalue weighted by Crippen LogP contribution is 2.26. The molecule has 0 bridgehead atoms. The molecule has 0 aromatic carbocycles. The number of aliphatic carboxylic acids is 1. The van der Waals surface area contributed by atoms with Crippen molar-refractivity contribution >= 4 is 11.9 Å². The molecule has 1 saturated carbocycles. The van der Waals surface area contributed by atoms with E-state index in [4.69, 9.17) is 10.8 Å². The van der Waals surface area contributed by atoms with Gasteiger partial charge in [0.1, 0.15) is 6.54 Å². The third-order valence-electron chi connectivity index (χ3n) is 3.27. The van der Waals surface area contributed by atoms with E-state index in [-0.39, 0.29) is 12.5 Å². The van der Waals surface area contributed by atoms with E-state index < -0.39 is 5.97 Å². The molecule has 0 aliphatic heterocycles. The summed E-state index contributed by atoms with van der Waals surface area (Å²) in [5.74, 6) is -0.606. The monoisotopic (exact) mass is 242 g/mol. The average Bonchev–Trinajstić information content (AvgIpc) is 2.29. The zero-order chi connectivity index (χ0) is 12.7. The van der Waals surface area contributed by atoms with Crippen molar-refractivity contribution < 1.29 is 14.7 Å². The molecule has 0 heterocycles. The average molecular weight is 242 g/mol. The number of nitrogens with zero attached hydrogens (tertiary/aromatic N) is 1. The molecule has 0 aromatic heterocycles. The van der Waals surface area contributed by atoms with Crippen LogP contribution in [-0.2, 0) is 9.59 Å². The van der Waals surface area contributed by atoms with E-state index in [2.05, 4.69) is 0 Å². The Labute approximate surface area is 102 Å². The topological polar surface area (TPSA) is 83.6 Å². The van der Waals surface area contributed by atoms with Gasteiger partial charge < -0.3 is 15.7 Å². The fourth-order valence-corrected chi connectivity index (χ4v) is 2.38. The Bertz CT molecular complexity index is 262. The van der Waals surface area contributed by atoms with Gasteiger partial charge in [0.15, 0.2) is 0 Å². The largest absolute Gasteiger partial charge is 0.480 e. The van der Waals surface area contributed by atoms with E-state index in [1.54, 1.807) is 0 Å². The molecule has 17 heavy (non-hydrogen) atoms. The summed E-state index contributed by atoms with van der Waals surface area (Å²) >= 11 is 0. The molecular formula is C12H22N2O3. The van der Waals surface area contributed by atoms with Crippen molar-refractivity contribution in [1.82, 2.24) is 4.90 Å². The maximum atomic E-state index is 11.9. The fourth-order valence-electron chi connectivity index (χ4n) is 2.38. The lowest BCUT2D eigenvalue weighted by molar-refractivity contribution is -0.144. The van der Waals surface area contributed by atoms with Crippen LogP contribution >= 0.6 is 0 Å². The van der Waals surface area contributed by atoms with Crippen molar-refractivity contribution in [3.8, 4) is 0 Å². The summed E-state index contributed by atoms with van der Waals surface area (Å²) in [6.07, 6.45) is 6.30. The molecule has 1 aliphatic carbocycles. The number of carboxylic acids is 1. The number of hydrogen-bond acceptors (Lipinski definition) is 3. The molecule has 1 aliphatic rings. The fraction of sp³-hybridized carbons (Fsp3) is 0.833. The molecule has 1 fully saturated rings. The minimum atomic E-state index is -0.976. The van der Waals surface area contributed by atoms with Crippen LogP contribution in [0.3, 0.4) is 0 Å². The standard InChI is InChI=1S/C12H22N2O3/c13-6-7-14(9-12(16)17)11(15)8-10-4-2-1-3-5-10/h10H,1-9,13H2,(H,16,17). The molecule has 5 heteroatoms. The van der Waals surface area contributed by atoms with E-state index in [1.165, 1.54) is 24.2 Å². The van der Waals surface area contributed by atoms with Crippen molar-refractivity contribution in [1.29, 1.82) is 0 Å². The van der Waals surface area contributed by atoms with Crippen LogP contribution in [0.25, 0.3) is 0 Å².